The molecule has 0 saturated heterocycles. The molecule has 18 heavy (non-hydrogen) atoms. The fourth-order valence-corrected chi connectivity index (χ4v) is 1.63. The summed E-state index contributed by atoms with van der Waals surface area (Å²) < 4.78 is 0. The molecule has 0 bridgehead atoms. The van der Waals surface area contributed by atoms with Gasteiger partial charge in [0.25, 0.3) is 5.69 Å². The lowest BCUT2D eigenvalue weighted by molar-refractivity contribution is -0.384. The van der Waals surface area contributed by atoms with Gasteiger partial charge in [0.2, 0.25) is 6.08 Å². The Kier molecular flexibility index (Phi) is 3.27. The quantitative estimate of drug-likeness (QED) is 0.358. The summed E-state index contributed by atoms with van der Waals surface area (Å²) in [6, 6.07) is 13.1. The van der Waals surface area contributed by atoms with Crippen molar-refractivity contribution in [2.45, 2.75) is 0 Å². The van der Waals surface area contributed by atoms with Gasteiger partial charge >= 0.3 is 0 Å². The van der Waals surface area contributed by atoms with Crippen molar-refractivity contribution < 1.29 is 9.72 Å². The minimum atomic E-state index is -0.459. The Morgan fingerprint density at radius 1 is 1.06 bits per heavy atom. The van der Waals surface area contributed by atoms with E-state index in [-0.39, 0.29) is 5.69 Å². The molecule has 0 saturated carbocycles. The molecule has 0 aliphatic rings. The van der Waals surface area contributed by atoms with Crippen LogP contribution in [0.4, 0.5) is 11.4 Å². The molecule has 2 rings (SSSR count). The Labute approximate surface area is 103 Å². The molecule has 5 heteroatoms. The average Bonchev–Trinajstić information content (AvgIpc) is 2.40. The second-order valence-corrected chi connectivity index (χ2v) is 3.52. The Bertz CT molecular complexity index is 629. The highest BCUT2D eigenvalue weighted by Gasteiger charge is 2.07. The number of aliphatic imine (C=N–C) groups is 1. The van der Waals surface area contributed by atoms with E-state index in [4.69, 9.17) is 0 Å². The molecule has 0 unspecified atom stereocenters. The summed E-state index contributed by atoms with van der Waals surface area (Å²) in [4.78, 5) is 24.0. The molecule has 0 atom stereocenters. The summed E-state index contributed by atoms with van der Waals surface area (Å²) in [6.45, 7) is 0. The molecule has 0 aliphatic carbocycles. The highest BCUT2D eigenvalue weighted by molar-refractivity contribution is 5.77. The van der Waals surface area contributed by atoms with Gasteiger partial charge in [0.05, 0.1) is 10.6 Å². The zero-order valence-corrected chi connectivity index (χ0v) is 9.24. The topological polar surface area (TPSA) is 72.6 Å². The molecule has 2 aromatic carbocycles. The molecule has 0 aromatic heterocycles. The second kappa shape index (κ2) is 5.03. The molecule has 2 aromatic rings. The van der Waals surface area contributed by atoms with Crippen LogP contribution in [0.25, 0.3) is 11.1 Å². The zero-order valence-electron chi connectivity index (χ0n) is 9.24. The number of hydrogen-bond acceptors (Lipinski definition) is 4. The predicted molar refractivity (Wildman–Crippen MR) is 66.3 cm³/mol. The van der Waals surface area contributed by atoms with E-state index in [1.54, 1.807) is 36.4 Å². The van der Waals surface area contributed by atoms with Crippen LogP contribution in [0.5, 0.6) is 0 Å². The summed E-state index contributed by atoms with van der Waals surface area (Å²) in [7, 11) is 0. The molecule has 0 fully saturated rings. The van der Waals surface area contributed by atoms with Gasteiger partial charge in [-0.2, -0.15) is 4.99 Å². The van der Waals surface area contributed by atoms with E-state index in [1.165, 1.54) is 18.2 Å². The number of non-ortho nitro benzene ring substituents is 1. The summed E-state index contributed by atoms with van der Waals surface area (Å²) in [6.07, 6.45) is 1.49. The summed E-state index contributed by atoms with van der Waals surface area (Å²) in [5, 5.41) is 10.6. The van der Waals surface area contributed by atoms with Crippen molar-refractivity contribution in [3.05, 3.63) is 58.6 Å². The lowest BCUT2D eigenvalue weighted by Crippen LogP contribution is -1.87. The van der Waals surface area contributed by atoms with E-state index in [1.807, 2.05) is 0 Å². The van der Waals surface area contributed by atoms with Crippen molar-refractivity contribution in [1.29, 1.82) is 0 Å². The Balaban J connectivity index is 2.48. The number of nitro groups is 1. The number of carbonyl (C=O) groups excluding carboxylic acids is 1. The lowest BCUT2D eigenvalue weighted by atomic mass is 10.0. The Morgan fingerprint density at radius 3 is 2.33 bits per heavy atom. The van der Waals surface area contributed by atoms with Gasteiger partial charge in [0.15, 0.2) is 0 Å². The first kappa shape index (κ1) is 11.7. The first-order valence-electron chi connectivity index (χ1n) is 5.14. The Morgan fingerprint density at radius 2 is 1.72 bits per heavy atom. The lowest BCUT2D eigenvalue weighted by Gasteiger charge is -2.03. The van der Waals surface area contributed by atoms with Crippen molar-refractivity contribution in [3.8, 4) is 11.1 Å². The van der Waals surface area contributed by atoms with E-state index in [2.05, 4.69) is 4.99 Å². The molecule has 0 amide bonds. The Hall–Kier alpha value is -2.78. The monoisotopic (exact) mass is 240 g/mol. The van der Waals surface area contributed by atoms with Gasteiger partial charge in [-0.05, 0) is 23.8 Å². The summed E-state index contributed by atoms with van der Waals surface area (Å²) in [5.74, 6) is 0. The number of benzene rings is 2. The van der Waals surface area contributed by atoms with Crippen LogP contribution >= 0.6 is 0 Å². The van der Waals surface area contributed by atoms with Gasteiger partial charge in [0.1, 0.15) is 0 Å². The number of para-hydroxylation sites is 1. The molecular formula is C13H8N2O3. The summed E-state index contributed by atoms with van der Waals surface area (Å²) >= 11 is 0. The fraction of sp³-hybridized carbons (Fsp3) is 0. The smallest absolute Gasteiger partial charge is 0.258 e. The molecule has 0 heterocycles. The number of isocyanates is 1. The van der Waals surface area contributed by atoms with E-state index < -0.39 is 4.92 Å². The zero-order chi connectivity index (χ0) is 13.0. The maximum atomic E-state index is 10.6. The normalized spacial score (nSPS) is 9.56. The molecule has 5 nitrogen and oxygen atoms in total. The van der Waals surface area contributed by atoms with Gasteiger partial charge in [-0.25, -0.2) is 4.79 Å². The molecule has 0 aliphatic heterocycles. The minimum Gasteiger partial charge on any atom is -0.258 e. The molecule has 0 radical (unpaired) electrons. The third kappa shape index (κ3) is 2.31. The summed E-state index contributed by atoms with van der Waals surface area (Å²) in [5.41, 5.74) is 2.00. The van der Waals surface area contributed by atoms with Crippen molar-refractivity contribution in [1.82, 2.24) is 0 Å². The second-order valence-electron chi connectivity index (χ2n) is 3.52. The van der Waals surface area contributed by atoms with Crippen LogP contribution in [0.2, 0.25) is 0 Å². The van der Waals surface area contributed by atoms with Crippen LogP contribution in [0.15, 0.2) is 53.5 Å². The van der Waals surface area contributed by atoms with Gasteiger partial charge in [-0.3, -0.25) is 10.1 Å². The third-order valence-electron chi connectivity index (χ3n) is 2.46. The van der Waals surface area contributed by atoms with E-state index in [0.29, 0.717) is 5.69 Å². The van der Waals surface area contributed by atoms with Gasteiger partial charge in [0, 0.05) is 17.7 Å². The van der Waals surface area contributed by atoms with Crippen LogP contribution < -0.4 is 0 Å². The van der Waals surface area contributed by atoms with E-state index in [9.17, 15) is 14.9 Å². The van der Waals surface area contributed by atoms with Gasteiger partial charge < -0.3 is 0 Å². The minimum absolute atomic E-state index is 0.0233. The van der Waals surface area contributed by atoms with Crippen LogP contribution in [0.1, 0.15) is 0 Å². The standard InChI is InChI=1S/C13H8N2O3/c16-9-14-13-4-2-1-3-12(13)10-5-7-11(8-6-10)15(17)18/h1-8H. The molecule has 88 valence electrons. The number of nitrogens with zero attached hydrogens (tertiary/aromatic N) is 2. The van der Waals surface area contributed by atoms with Crippen LogP contribution in [0, 0.1) is 10.1 Å². The van der Waals surface area contributed by atoms with Crippen molar-refractivity contribution in [2.75, 3.05) is 0 Å². The molecular weight excluding hydrogens is 232 g/mol. The predicted octanol–water partition coefficient (Wildman–Crippen LogP) is 3.23. The number of nitro benzene ring substituents is 1. The molecule has 0 spiro atoms. The van der Waals surface area contributed by atoms with Crippen LogP contribution in [-0.4, -0.2) is 11.0 Å². The highest BCUT2D eigenvalue weighted by atomic mass is 16.6. The van der Waals surface area contributed by atoms with Gasteiger partial charge in [-0.1, -0.05) is 18.2 Å². The van der Waals surface area contributed by atoms with Crippen molar-refractivity contribution in [2.24, 2.45) is 4.99 Å². The SMILES string of the molecule is O=C=Nc1ccccc1-c1ccc([N+](=O)[O-])cc1. The first-order chi connectivity index (χ1) is 8.72. The van der Waals surface area contributed by atoms with Crippen molar-refractivity contribution >= 4 is 17.5 Å². The maximum absolute atomic E-state index is 10.6. The highest BCUT2D eigenvalue weighted by Crippen LogP contribution is 2.30. The fourth-order valence-electron chi connectivity index (χ4n) is 1.63. The average molecular weight is 240 g/mol. The number of rotatable bonds is 3. The van der Waals surface area contributed by atoms with Crippen molar-refractivity contribution in [3.63, 3.8) is 0 Å². The maximum Gasteiger partial charge on any atom is 0.269 e. The number of hydrogen-bond donors (Lipinski definition) is 0. The van der Waals surface area contributed by atoms with Crippen LogP contribution in [-0.2, 0) is 4.79 Å². The van der Waals surface area contributed by atoms with Crippen LogP contribution in [0.3, 0.4) is 0 Å². The third-order valence-corrected chi connectivity index (χ3v) is 2.46. The van der Waals surface area contributed by atoms with Gasteiger partial charge in [-0.15, -0.1) is 0 Å². The van der Waals surface area contributed by atoms with E-state index >= 15 is 0 Å². The first-order valence-corrected chi connectivity index (χ1v) is 5.14. The van der Waals surface area contributed by atoms with E-state index in [0.717, 1.165) is 11.1 Å². The largest absolute Gasteiger partial charge is 0.269 e. The molecule has 0 N–H and O–H groups in total.